The van der Waals surface area contributed by atoms with Crippen LogP contribution in [0.3, 0.4) is 0 Å². The average molecular weight is 259 g/mol. The molecule has 1 aromatic heterocycles. The molecule has 6 heteroatoms. The van der Waals surface area contributed by atoms with Crippen LogP contribution in [-0.2, 0) is 6.54 Å². The van der Waals surface area contributed by atoms with Gasteiger partial charge in [0.2, 0.25) is 0 Å². The second-order valence-corrected chi connectivity index (χ2v) is 3.70. The molecule has 0 bridgehead atoms. The molecule has 19 heavy (non-hydrogen) atoms. The van der Waals surface area contributed by atoms with Gasteiger partial charge in [-0.2, -0.15) is 5.26 Å². The van der Waals surface area contributed by atoms with Gasteiger partial charge >= 0.3 is 0 Å². The molecule has 0 radical (unpaired) electrons. The molecule has 2 rings (SSSR count). The van der Waals surface area contributed by atoms with Crippen LogP contribution in [0.5, 0.6) is 0 Å². The second-order valence-electron chi connectivity index (χ2n) is 3.70. The van der Waals surface area contributed by atoms with Crippen molar-refractivity contribution >= 4 is 11.6 Å². The number of nitriles is 1. The summed E-state index contributed by atoms with van der Waals surface area (Å²) in [6.45, 7) is 0.177. The van der Waals surface area contributed by atoms with Crippen molar-refractivity contribution in [2.75, 3.05) is 5.32 Å². The topological polar surface area (TPSA) is 92.0 Å². The summed E-state index contributed by atoms with van der Waals surface area (Å²) >= 11 is 0. The maximum atomic E-state index is 13.3. The number of amides is 1. The van der Waals surface area contributed by atoms with E-state index >= 15 is 0 Å². The first kappa shape index (κ1) is 12.8. The molecule has 1 amide bonds. The molecule has 0 atom stereocenters. The molecule has 0 fully saturated rings. The van der Waals surface area contributed by atoms with Crippen LogP contribution in [0.25, 0.3) is 0 Å². The fourth-order valence-electron chi connectivity index (χ4n) is 1.54. The van der Waals surface area contributed by atoms with E-state index in [2.05, 4.69) is 5.32 Å². The minimum atomic E-state index is -0.692. The van der Waals surface area contributed by atoms with Crippen molar-refractivity contribution in [3.8, 4) is 6.07 Å². The van der Waals surface area contributed by atoms with Crippen LogP contribution in [0.1, 0.15) is 21.9 Å². The predicted molar refractivity (Wildman–Crippen MR) is 65.7 cm³/mol. The van der Waals surface area contributed by atoms with Crippen molar-refractivity contribution in [2.24, 2.45) is 5.73 Å². The average Bonchev–Trinajstić information content (AvgIpc) is 2.88. The van der Waals surface area contributed by atoms with E-state index in [1.807, 2.05) is 0 Å². The molecule has 0 spiro atoms. The third kappa shape index (κ3) is 2.61. The van der Waals surface area contributed by atoms with Gasteiger partial charge in [-0.15, -0.1) is 0 Å². The second kappa shape index (κ2) is 5.33. The van der Waals surface area contributed by atoms with E-state index in [1.165, 1.54) is 18.2 Å². The molecule has 0 aliphatic rings. The lowest BCUT2D eigenvalue weighted by atomic mass is 10.2. The smallest absolute Gasteiger partial charge is 0.291 e. The van der Waals surface area contributed by atoms with Gasteiger partial charge in [-0.05, 0) is 24.3 Å². The van der Waals surface area contributed by atoms with E-state index in [-0.39, 0.29) is 23.6 Å². The molecule has 0 saturated carbocycles. The Hall–Kier alpha value is -2.65. The highest BCUT2D eigenvalue weighted by molar-refractivity contribution is 6.03. The van der Waals surface area contributed by atoms with Crippen LogP contribution < -0.4 is 11.1 Å². The number of carbonyl (C=O) groups excluding carboxylic acids is 1. The summed E-state index contributed by atoms with van der Waals surface area (Å²) in [6.07, 6.45) is 0. The van der Waals surface area contributed by atoms with Gasteiger partial charge < -0.3 is 15.5 Å². The number of benzene rings is 1. The quantitative estimate of drug-likeness (QED) is 0.881. The van der Waals surface area contributed by atoms with Gasteiger partial charge in [-0.1, -0.05) is 6.07 Å². The maximum absolute atomic E-state index is 13.3. The number of rotatable bonds is 3. The number of carbonyl (C=O) groups is 1. The molecule has 1 aromatic carbocycles. The van der Waals surface area contributed by atoms with Gasteiger partial charge in [-0.3, -0.25) is 4.79 Å². The molecule has 0 unspecified atom stereocenters. The van der Waals surface area contributed by atoms with Gasteiger partial charge in [0, 0.05) is 0 Å². The molecule has 0 saturated heterocycles. The SMILES string of the molecule is N#Cc1c(F)cccc1NC(=O)c1ccc(CN)o1. The van der Waals surface area contributed by atoms with E-state index in [1.54, 1.807) is 12.1 Å². The Kier molecular flexibility index (Phi) is 3.59. The molecule has 5 nitrogen and oxygen atoms in total. The number of nitrogens with two attached hydrogens (primary N) is 1. The number of nitrogens with zero attached hydrogens (tertiary/aromatic N) is 1. The number of hydrogen-bond donors (Lipinski definition) is 2. The van der Waals surface area contributed by atoms with Crippen LogP contribution in [-0.4, -0.2) is 5.91 Å². The molecular formula is C13H10FN3O2. The van der Waals surface area contributed by atoms with Gasteiger partial charge in [0.15, 0.2) is 5.76 Å². The van der Waals surface area contributed by atoms with Crippen LogP contribution in [0, 0.1) is 17.1 Å². The lowest BCUT2D eigenvalue weighted by molar-refractivity contribution is 0.0995. The summed E-state index contributed by atoms with van der Waals surface area (Å²) in [5.41, 5.74) is 5.24. The van der Waals surface area contributed by atoms with E-state index in [9.17, 15) is 9.18 Å². The highest BCUT2D eigenvalue weighted by Crippen LogP contribution is 2.19. The zero-order valence-electron chi connectivity index (χ0n) is 9.81. The van der Waals surface area contributed by atoms with Gasteiger partial charge in [0.05, 0.1) is 12.2 Å². The van der Waals surface area contributed by atoms with Gasteiger partial charge in [0.1, 0.15) is 23.2 Å². The molecule has 0 aliphatic heterocycles. The highest BCUT2D eigenvalue weighted by atomic mass is 19.1. The molecule has 96 valence electrons. The monoisotopic (exact) mass is 259 g/mol. The van der Waals surface area contributed by atoms with Crippen LogP contribution >= 0.6 is 0 Å². The highest BCUT2D eigenvalue weighted by Gasteiger charge is 2.14. The first-order chi connectivity index (χ1) is 9.15. The molecular weight excluding hydrogens is 249 g/mol. The minimum Gasteiger partial charge on any atom is -0.455 e. The Morgan fingerprint density at radius 2 is 2.21 bits per heavy atom. The zero-order valence-corrected chi connectivity index (χ0v) is 9.81. The van der Waals surface area contributed by atoms with Crippen molar-refractivity contribution < 1.29 is 13.6 Å². The number of nitrogens with one attached hydrogen (secondary N) is 1. The Bertz CT molecular complexity index is 658. The van der Waals surface area contributed by atoms with Crippen LogP contribution in [0.15, 0.2) is 34.7 Å². The third-order valence-electron chi connectivity index (χ3n) is 2.46. The Morgan fingerprint density at radius 1 is 1.42 bits per heavy atom. The summed E-state index contributed by atoms with van der Waals surface area (Å²) < 4.78 is 18.5. The number of halogens is 1. The fourth-order valence-corrected chi connectivity index (χ4v) is 1.54. The normalized spacial score (nSPS) is 9.95. The largest absolute Gasteiger partial charge is 0.455 e. The summed E-state index contributed by atoms with van der Waals surface area (Å²) in [5, 5.41) is 11.3. The predicted octanol–water partition coefficient (Wildman–Crippen LogP) is 2.00. The van der Waals surface area contributed by atoms with Crippen molar-refractivity contribution in [3.05, 3.63) is 53.2 Å². The Balaban J connectivity index is 2.24. The van der Waals surface area contributed by atoms with E-state index in [0.29, 0.717) is 5.76 Å². The Labute approximate surface area is 108 Å². The first-order valence-corrected chi connectivity index (χ1v) is 5.44. The third-order valence-corrected chi connectivity index (χ3v) is 2.46. The van der Waals surface area contributed by atoms with Crippen molar-refractivity contribution in [1.29, 1.82) is 5.26 Å². The van der Waals surface area contributed by atoms with Crippen molar-refractivity contribution in [3.63, 3.8) is 0 Å². The molecule has 3 N–H and O–H groups in total. The summed E-state index contributed by atoms with van der Waals surface area (Å²) in [6, 6.07) is 8.72. The van der Waals surface area contributed by atoms with E-state index in [4.69, 9.17) is 15.4 Å². The van der Waals surface area contributed by atoms with Gasteiger partial charge in [0.25, 0.3) is 5.91 Å². The lowest BCUT2D eigenvalue weighted by Crippen LogP contribution is -2.12. The van der Waals surface area contributed by atoms with E-state index in [0.717, 1.165) is 6.07 Å². The Morgan fingerprint density at radius 3 is 2.84 bits per heavy atom. The van der Waals surface area contributed by atoms with Gasteiger partial charge in [-0.25, -0.2) is 4.39 Å². The first-order valence-electron chi connectivity index (χ1n) is 5.44. The van der Waals surface area contributed by atoms with Crippen LogP contribution in [0.2, 0.25) is 0 Å². The maximum Gasteiger partial charge on any atom is 0.291 e. The minimum absolute atomic E-state index is 0.0496. The number of hydrogen-bond acceptors (Lipinski definition) is 4. The summed E-state index contributed by atoms with van der Waals surface area (Å²) in [7, 11) is 0. The molecule has 0 aliphatic carbocycles. The lowest BCUT2D eigenvalue weighted by Gasteiger charge is -2.05. The van der Waals surface area contributed by atoms with Crippen LogP contribution in [0.4, 0.5) is 10.1 Å². The summed E-state index contributed by atoms with van der Waals surface area (Å²) in [5.74, 6) is -0.748. The van der Waals surface area contributed by atoms with Crippen molar-refractivity contribution in [2.45, 2.75) is 6.54 Å². The molecule has 2 aromatic rings. The number of furan rings is 1. The number of anilines is 1. The zero-order chi connectivity index (χ0) is 13.8. The standard InChI is InChI=1S/C13H10FN3O2/c14-10-2-1-3-11(9(10)7-16)17-13(18)12-5-4-8(6-15)19-12/h1-5H,6,15H2,(H,17,18). The van der Waals surface area contributed by atoms with E-state index < -0.39 is 11.7 Å². The summed E-state index contributed by atoms with van der Waals surface area (Å²) in [4.78, 5) is 11.8. The fraction of sp³-hybridized carbons (Fsp3) is 0.0769. The van der Waals surface area contributed by atoms with Crippen molar-refractivity contribution in [1.82, 2.24) is 0 Å². The molecule has 1 heterocycles.